The molecule has 0 aromatic carbocycles. The Morgan fingerprint density at radius 3 is 2.73 bits per heavy atom. The zero-order chi connectivity index (χ0) is 11.3. The van der Waals surface area contributed by atoms with Gasteiger partial charge in [0.15, 0.2) is 0 Å². The molecule has 0 spiro atoms. The van der Waals surface area contributed by atoms with Gasteiger partial charge in [-0.25, -0.2) is 0 Å². The Kier molecular flexibility index (Phi) is 4.65. The predicted octanol–water partition coefficient (Wildman–Crippen LogP) is 3.09. The quantitative estimate of drug-likeness (QED) is 0.706. The SMILES string of the molecule is CC(C)CC(C)(C)O/C=C/[C@@H]1CCCN1. The molecule has 1 heterocycles. The van der Waals surface area contributed by atoms with Crippen LogP contribution in [0.4, 0.5) is 0 Å². The molecule has 1 rings (SSSR count). The Balaban J connectivity index is 2.27. The van der Waals surface area contributed by atoms with Gasteiger partial charge in [0, 0.05) is 6.04 Å². The Hall–Kier alpha value is -0.500. The third-order valence-corrected chi connectivity index (χ3v) is 2.70. The van der Waals surface area contributed by atoms with Crippen LogP contribution < -0.4 is 5.32 Å². The number of ether oxygens (including phenoxy) is 1. The molecule has 15 heavy (non-hydrogen) atoms. The van der Waals surface area contributed by atoms with Crippen LogP contribution in [0.1, 0.15) is 47.0 Å². The molecule has 1 aliphatic rings. The molecule has 1 fully saturated rings. The van der Waals surface area contributed by atoms with E-state index < -0.39 is 0 Å². The Labute approximate surface area is 94.1 Å². The molecule has 0 unspecified atom stereocenters. The fraction of sp³-hybridized carbons (Fsp3) is 0.846. The van der Waals surface area contributed by atoms with Gasteiger partial charge in [0.1, 0.15) is 5.60 Å². The lowest BCUT2D eigenvalue weighted by Gasteiger charge is -2.26. The van der Waals surface area contributed by atoms with Crippen molar-refractivity contribution in [3.05, 3.63) is 12.3 Å². The molecule has 0 bridgehead atoms. The van der Waals surface area contributed by atoms with Crippen LogP contribution in [0.25, 0.3) is 0 Å². The van der Waals surface area contributed by atoms with E-state index in [1.54, 1.807) is 0 Å². The first-order valence-corrected chi connectivity index (χ1v) is 6.07. The summed E-state index contributed by atoms with van der Waals surface area (Å²) in [5.74, 6) is 0.679. The normalized spacial score (nSPS) is 22.9. The average molecular weight is 211 g/mol. The summed E-state index contributed by atoms with van der Waals surface area (Å²) >= 11 is 0. The van der Waals surface area contributed by atoms with E-state index >= 15 is 0 Å². The number of rotatable bonds is 5. The van der Waals surface area contributed by atoms with Crippen molar-refractivity contribution in [2.75, 3.05) is 6.54 Å². The third kappa shape index (κ3) is 5.22. The maximum Gasteiger partial charge on any atom is 0.103 e. The van der Waals surface area contributed by atoms with Gasteiger partial charge in [0.2, 0.25) is 0 Å². The first kappa shape index (κ1) is 12.6. The molecule has 0 aromatic heterocycles. The molecule has 0 radical (unpaired) electrons. The first-order chi connectivity index (χ1) is 6.99. The summed E-state index contributed by atoms with van der Waals surface area (Å²) in [5, 5.41) is 3.42. The lowest BCUT2D eigenvalue weighted by Crippen LogP contribution is -2.25. The van der Waals surface area contributed by atoms with E-state index in [9.17, 15) is 0 Å². The molecule has 2 nitrogen and oxygen atoms in total. The molecule has 1 saturated heterocycles. The first-order valence-electron chi connectivity index (χ1n) is 6.07. The van der Waals surface area contributed by atoms with Crippen LogP contribution in [0.3, 0.4) is 0 Å². The highest BCUT2D eigenvalue weighted by molar-refractivity contribution is 4.93. The van der Waals surface area contributed by atoms with Crippen LogP contribution in [-0.4, -0.2) is 18.2 Å². The van der Waals surface area contributed by atoms with E-state index in [-0.39, 0.29) is 5.60 Å². The second-order valence-electron chi connectivity index (χ2n) is 5.51. The second kappa shape index (κ2) is 5.55. The third-order valence-electron chi connectivity index (χ3n) is 2.70. The van der Waals surface area contributed by atoms with Crippen molar-refractivity contribution in [1.82, 2.24) is 5.32 Å². The van der Waals surface area contributed by atoms with Gasteiger partial charge in [-0.05, 0) is 51.6 Å². The Morgan fingerprint density at radius 1 is 1.47 bits per heavy atom. The van der Waals surface area contributed by atoms with Gasteiger partial charge >= 0.3 is 0 Å². The van der Waals surface area contributed by atoms with Crippen LogP contribution in [-0.2, 0) is 4.74 Å². The van der Waals surface area contributed by atoms with E-state index in [4.69, 9.17) is 4.74 Å². The average Bonchev–Trinajstić information content (AvgIpc) is 2.53. The minimum absolute atomic E-state index is 0.0384. The second-order valence-corrected chi connectivity index (χ2v) is 5.51. The molecule has 0 aromatic rings. The van der Waals surface area contributed by atoms with Crippen molar-refractivity contribution in [1.29, 1.82) is 0 Å². The highest BCUT2D eigenvalue weighted by Crippen LogP contribution is 2.20. The number of hydrogen-bond donors (Lipinski definition) is 1. The predicted molar refractivity (Wildman–Crippen MR) is 64.8 cm³/mol. The molecule has 1 aliphatic heterocycles. The zero-order valence-electron chi connectivity index (χ0n) is 10.5. The van der Waals surface area contributed by atoms with Crippen molar-refractivity contribution in [3.8, 4) is 0 Å². The van der Waals surface area contributed by atoms with Crippen LogP contribution in [0, 0.1) is 5.92 Å². The minimum atomic E-state index is -0.0384. The Morgan fingerprint density at radius 2 is 2.20 bits per heavy atom. The van der Waals surface area contributed by atoms with E-state index in [2.05, 4.69) is 39.1 Å². The topological polar surface area (TPSA) is 21.3 Å². The van der Waals surface area contributed by atoms with Crippen molar-refractivity contribution >= 4 is 0 Å². The van der Waals surface area contributed by atoms with Crippen LogP contribution in [0.5, 0.6) is 0 Å². The van der Waals surface area contributed by atoms with E-state index in [0.717, 1.165) is 13.0 Å². The highest BCUT2D eigenvalue weighted by Gasteiger charge is 2.19. The van der Waals surface area contributed by atoms with Crippen molar-refractivity contribution in [2.24, 2.45) is 5.92 Å². The maximum atomic E-state index is 5.78. The lowest BCUT2D eigenvalue weighted by atomic mass is 9.96. The highest BCUT2D eigenvalue weighted by atomic mass is 16.5. The van der Waals surface area contributed by atoms with E-state index in [1.165, 1.54) is 12.8 Å². The van der Waals surface area contributed by atoms with Gasteiger partial charge in [-0.3, -0.25) is 0 Å². The molecule has 0 aliphatic carbocycles. The van der Waals surface area contributed by atoms with Crippen molar-refractivity contribution in [2.45, 2.75) is 58.6 Å². The molecular weight excluding hydrogens is 186 g/mol. The molecule has 0 saturated carbocycles. The monoisotopic (exact) mass is 211 g/mol. The van der Waals surface area contributed by atoms with E-state index in [0.29, 0.717) is 12.0 Å². The smallest absolute Gasteiger partial charge is 0.103 e. The van der Waals surface area contributed by atoms with Crippen molar-refractivity contribution in [3.63, 3.8) is 0 Å². The van der Waals surface area contributed by atoms with Gasteiger partial charge in [-0.2, -0.15) is 0 Å². The maximum absolute atomic E-state index is 5.78. The fourth-order valence-electron chi connectivity index (χ4n) is 2.23. The van der Waals surface area contributed by atoms with Crippen LogP contribution in [0.15, 0.2) is 12.3 Å². The largest absolute Gasteiger partial charge is 0.496 e. The van der Waals surface area contributed by atoms with Gasteiger partial charge in [0.05, 0.1) is 6.26 Å². The summed E-state index contributed by atoms with van der Waals surface area (Å²) in [5.41, 5.74) is -0.0384. The standard InChI is InChI=1S/C13H25NO/c1-11(2)10-13(3,4)15-9-7-12-6-5-8-14-12/h7,9,11-12,14H,5-6,8,10H2,1-4H3/b9-7+/t12-/m0/s1. The Bertz CT molecular complexity index is 203. The van der Waals surface area contributed by atoms with Gasteiger partial charge in [-0.1, -0.05) is 13.8 Å². The zero-order valence-corrected chi connectivity index (χ0v) is 10.5. The summed E-state index contributed by atoms with van der Waals surface area (Å²) in [6.45, 7) is 9.91. The van der Waals surface area contributed by atoms with Gasteiger partial charge < -0.3 is 10.1 Å². The summed E-state index contributed by atoms with van der Waals surface area (Å²) in [7, 11) is 0. The van der Waals surface area contributed by atoms with E-state index in [1.807, 2.05) is 6.26 Å². The summed E-state index contributed by atoms with van der Waals surface area (Å²) in [6, 6.07) is 0.528. The fourth-order valence-corrected chi connectivity index (χ4v) is 2.23. The van der Waals surface area contributed by atoms with Gasteiger partial charge in [0.25, 0.3) is 0 Å². The number of hydrogen-bond acceptors (Lipinski definition) is 2. The minimum Gasteiger partial charge on any atom is -0.496 e. The number of nitrogens with one attached hydrogen (secondary N) is 1. The molecule has 0 amide bonds. The molecule has 1 N–H and O–H groups in total. The molecule has 88 valence electrons. The van der Waals surface area contributed by atoms with Crippen LogP contribution in [0.2, 0.25) is 0 Å². The summed E-state index contributed by atoms with van der Waals surface area (Å²) in [6.07, 6.45) is 7.64. The summed E-state index contributed by atoms with van der Waals surface area (Å²) in [4.78, 5) is 0. The van der Waals surface area contributed by atoms with Gasteiger partial charge in [-0.15, -0.1) is 0 Å². The molecule has 2 heteroatoms. The summed E-state index contributed by atoms with van der Waals surface area (Å²) < 4.78 is 5.78. The molecular formula is C13H25NO. The lowest BCUT2D eigenvalue weighted by molar-refractivity contribution is 0.0373. The van der Waals surface area contributed by atoms with Crippen LogP contribution >= 0.6 is 0 Å². The van der Waals surface area contributed by atoms with Crippen molar-refractivity contribution < 1.29 is 4.74 Å². The molecule has 1 atom stereocenters.